The van der Waals surface area contributed by atoms with Gasteiger partial charge < -0.3 is 45.3 Å². The Bertz CT molecular complexity index is 2060. The van der Waals surface area contributed by atoms with Gasteiger partial charge in [0.2, 0.25) is 15.9 Å². The summed E-state index contributed by atoms with van der Waals surface area (Å²) in [5.41, 5.74) is -5.64. The number of carbonyl (C=O) groups excluding carboxylic acids is 4. The number of ether oxygens (including phenoxy) is 1. The average molecular weight is 1730 g/mol. The van der Waals surface area contributed by atoms with Crippen molar-refractivity contribution < 1.29 is 104 Å². The van der Waals surface area contributed by atoms with Crippen molar-refractivity contribution in [3.05, 3.63) is 0 Å². The van der Waals surface area contributed by atoms with Crippen molar-refractivity contribution in [3.8, 4) is 0 Å². The van der Waals surface area contributed by atoms with Gasteiger partial charge in [-0.3, -0.25) is 9.59 Å². The van der Waals surface area contributed by atoms with Gasteiger partial charge in [0.05, 0.1) is 35.5 Å². The molecule has 8 unspecified atom stereocenters. The third-order valence-electron chi connectivity index (χ3n) is 19.5. The second-order valence-corrected chi connectivity index (χ2v) is 63.3. The average Bonchev–Trinajstić information content (AvgIpc) is 3.19. The second kappa shape index (κ2) is 24.4. The van der Waals surface area contributed by atoms with Crippen LogP contribution in [0, 0.1) is 69.0 Å². The monoisotopic (exact) mass is 1730 g/mol. The number of carboxylic acid groups (broad SMARTS) is 3. The van der Waals surface area contributed by atoms with E-state index in [4.69, 9.17) is 61.4 Å². The van der Waals surface area contributed by atoms with E-state index in [0.29, 0.717) is 112 Å². The van der Waals surface area contributed by atoms with Crippen LogP contribution in [0.5, 0.6) is 0 Å². The van der Waals surface area contributed by atoms with Gasteiger partial charge in [0.25, 0.3) is 0 Å². The summed E-state index contributed by atoms with van der Waals surface area (Å²) in [5.74, 6) is -2.97. The SMILES string of the molecule is COC(=O)C(Cl)(Cl)C12CC3CC(CC(O)(C3)C1)C2.I.I.O=C(O)C(=O)C12CC3CC(CC(O)(C3)C1)C2.O=C(O)C(=O)C12CC3CC(CC(O)(C3)C1)C2.O=C([O-])C(Cl)(Cl)C12CC3CC(CC(O)(C3)C1)C2.[I][V]([I])[I].[Na+]. The minimum atomic E-state index is -1.88. The van der Waals surface area contributed by atoms with Gasteiger partial charge in [0, 0.05) is 21.7 Å². The summed E-state index contributed by atoms with van der Waals surface area (Å²) in [6, 6.07) is 0. The van der Waals surface area contributed by atoms with E-state index in [-0.39, 0.29) is 82.4 Å². The molecular formula is C49H67Cl4I5NaO14V. The predicted molar refractivity (Wildman–Crippen MR) is 312 cm³/mol. The summed E-state index contributed by atoms with van der Waals surface area (Å²) < 4.78 is 1.34. The Labute approximate surface area is 547 Å². The predicted octanol–water partition coefficient (Wildman–Crippen LogP) is 6.74. The van der Waals surface area contributed by atoms with Crippen molar-refractivity contribution in [1.82, 2.24) is 0 Å². The minimum Gasteiger partial charge on any atom is 1.00 e. The van der Waals surface area contributed by atoms with Crippen molar-refractivity contribution in [3.63, 3.8) is 0 Å². The van der Waals surface area contributed by atoms with Crippen molar-refractivity contribution in [1.29, 1.82) is 0 Å². The number of carbonyl (C=O) groups is 6. The number of esters is 1. The van der Waals surface area contributed by atoms with E-state index in [1.165, 1.54) is 7.11 Å². The van der Waals surface area contributed by atoms with E-state index in [9.17, 15) is 54.3 Å². The number of carboxylic acids is 3. The fraction of sp³-hybridized carbons (Fsp3) is 0.878. The van der Waals surface area contributed by atoms with E-state index in [2.05, 4.69) is 59.9 Å². The Balaban J connectivity index is 0.000000176. The number of ketones is 2. The molecule has 0 aromatic heterocycles. The minimum absolute atomic E-state index is 0. The summed E-state index contributed by atoms with van der Waals surface area (Å²) >= 11 is 32.2. The number of aliphatic hydroxyl groups is 4. The van der Waals surface area contributed by atoms with Crippen LogP contribution in [0.15, 0.2) is 0 Å². The number of aliphatic carboxylic acids is 3. The van der Waals surface area contributed by atoms with Gasteiger partial charge in [0.15, 0.2) is 4.33 Å². The zero-order valence-electron chi connectivity index (χ0n) is 41.4. The maximum Gasteiger partial charge on any atom is 1.00 e. The van der Waals surface area contributed by atoms with Crippen molar-refractivity contribution >= 4 is 190 Å². The van der Waals surface area contributed by atoms with Crippen LogP contribution in [0.4, 0.5) is 0 Å². The maximum absolute atomic E-state index is 11.9. The molecule has 416 valence electrons. The quantitative estimate of drug-likeness (QED) is 0.0484. The van der Waals surface area contributed by atoms with Crippen LogP contribution in [0.1, 0.15) is 154 Å². The summed E-state index contributed by atoms with van der Waals surface area (Å²) in [6.07, 6.45) is 18.0. The number of methoxy groups -OCH3 is 1. The summed E-state index contributed by atoms with van der Waals surface area (Å²) in [6.45, 7) is 0. The molecule has 16 rings (SSSR count). The molecule has 16 saturated carbocycles. The van der Waals surface area contributed by atoms with E-state index >= 15 is 0 Å². The second-order valence-electron chi connectivity index (χ2n) is 25.3. The Kier molecular flexibility index (Phi) is 22.5. The number of hydrogen-bond acceptors (Lipinski definition) is 12. The first kappa shape index (κ1) is 68.2. The zero-order chi connectivity index (χ0) is 52.3. The van der Waals surface area contributed by atoms with Gasteiger partial charge in [-0.1, -0.05) is 46.4 Å². The Hall–Kier alpha value is 3.45. The van der Waals surface area contributed by atoms with Crippen molar-refractivity contribution in [2.75, 3.05) is 7.11 Å². The summed E-state index contributed by atoms with van der Waals surface area (Å²) in [4.78, 5) is 68.2. The molecule has 14 nitrogen and oxygen atoms in total. The molecule has 16 fully saturated rings. The van der Waals surface area contributed by atoms with Gasteiger partial charge in [-0.2, -0.15) is 0 Å². The van der Waals surface area contributed by atoms with Crippen molar-refractivity contribution in [2.24, 2.45) is 69.0 Å². The topological polar surface area (TPSA) is 256 Å². The Morgan fingerprint density at radius 1 is 0.486 bits per heavy atom. The standard InChI is InChI=1S/C13H18Cl2O3.C12H16Cl2O3.2C12H16O4.5HI.Na.V/c1-18-10(16)13(14,15)11-3-8-2-9(4-11)6-12(17,5-8)7-11;13-12(14,9(15)16)10-2-7-1-8(3-10)5-11(17,4-7)6-10;2*13-9(10(14)15)11-2-7-1-8(3-11)5-12(16,4-7)6-11;;;;;;;/h8-9,17H,2-7H2,1H3;7-8,17H,1-6H2,(H,15,16);2*7-8,16H,1-6H2,(H,14,15);5*1H;;/q;;;;;;;;;+1;+3/p-4. The Morgan fingerprint density at radius 3 is 0.919 bits per heavy atom. The molecule has 8 atom stereocenters. The number of rotatable bonds is 8. The van der Waals surface area contributed by atoms with Crippen LogP contribution >= 0.6 is 154 Å². The molecule has 16 bridgehead atoms. The molecule has 0 aromatic carbocycles. The molecule has 0 amide bonds. The largest absolute Gasteiger partial charge is 1.00 e. The van der Waals surface area contributed by atoms with E-state index < -0.39 is 88.2 Å². The fourth-order valence-electron chi connectivity index (χ4n) is 19.1. The molecule has 6 N–H and O–H groups in total. The molecule has 25 heteroatoms. The molecule has 16 aliphatic carbocycles. The number of Topliss-reactive ketones (excluding diaryl/α,β-unsaturated/α-hetero) is 2. The molecule has 0 spiro atoms. The third kappa shape index (κ3) is 13.6. The normalized spacial score (nSPS) is 44.2. The number of alkyl halides is 4. The van der Waals surface area contributed by atoms with Crippen LogP contribution in [0.25, 0.3) is 0 Å². The molecule has 74 heavy (non-hydrogen) atoms. The van der Waals surface area contributed by atoms with Gasteiger partial charge in [-0.05, 0) is 201 Å². The van der Waals surface area contributed by atoms with Crippen molar-refractivity contribution in [2.45, 2.75) is 185 Å². The molecule has 0 saturated heterocycles. The Morgan fingerprint density at radius 2 is 0.716 bits per heavy atom. The molecule has 0 aromatic rings. The first-order valence-corrected chi connectivity index (χ1v) is 40.0. The summed E-state index contributed by atoms with van der Waals surface area (Å²) in [5, 5.41) is 70.8. The van der Waals surface area contributed by atoms with Crippen LogP contribution in [0.3, 0.4) is 0 Å². The van der Waals surface area contributed by atoms with Crippen LogP contribution in [-0.2, 0) is 38.4 Å². The van der Waals surface area contributed by atoms with Crippen LogP contribution in [-0.4, -0.2) is 104 Å². The van der Waals surface area contributed by atoms with E-state index in [0.717, 1.165) is 89.9 Å². The summed E-state index contributed by atoms with van der Waals surface area (Å²) in [7, 11) is 1.30. The maximum atomic E-state index is 11.9. The zero-order valence-corrected chi connectivity index (χ0v) is 59.0. The van der Waals surface area contributed by atoms with Crippen LogP contribution < -0.4 is 34.7 Å². The first-order valence-electron chi connectivity index (χ1n) is 24.9. The number of hydrogen-bond donors (Lipinski definition) is 6. The van der Waals surface area contributed by atoms with Gasteiger partial charge in [-0.25, -0.2) is 14.4 Å². The fourth-order valence-corrected chi connectivity index (χ4v) is 20.2. The van der Waals surface area contributed by atoms with Gasteiger partial charge in [0.1, 0.15) is 0 Å². The van der Waals surface area contributed by atoms with E-state index in [1.54, 1.807) is 0 Å². The van der Waals surface area contributed by atoms with E-state index in [1.807, 2.05) is 0 Å². The van der Waals surface area contributed by atoms with Gasteiger partial charge >= 0.3 is 112 Å². The van der Waals surface area contributed by atoms with Gasteiger partial charge in [-0.15, -0.1) is 48.0 Å². The first-order chi connectivity index (χ1) is 32.6. The molecule has 16 aliphatic rings. The number of halogens is 9. The smallest absolute Gasteiger partial charge is 1.00 e. The third-order valence-corrected chi connectivity index (χ3v) is 21.7. The molecular weight excluding hydrogens is 1660 g/mol. The molecule has 0 radical (unpaired) electrons. The molecule has 0 heterocycles. The van der Waals surface area contributed by atoms with Crippen LogP contribution in [0.2, 0.25) is 0 Å². The molecule has 0 aliphatic heterocycles.